The number of nitrogens with zero attached hydrogens (tertiary/aromatic N) is 3. The Balaban J connectivity index is 1.76. The highest BCUT2D eigenvalue weighted by atomic mass is 19.4. The molecule has 0 unspecified atom stereocenters. The molecule has 3 rings (SSSR count). The summed E-state index contributed by atoms with van der Waals surface area (Å²) in [5.41, 5.74) is -0.0497. The number of hydrogen-bond donors (Lipinski definition) is 2. The quantitative estimate of drug-likeness (QED) is 0.653. The SMILES string of the molecule is OCCOc1ccc(CNc2nnc3ccc(C(F)(F)F)cn23)cc1F. The van der Waals surface area contributed by atoms with Gasteiger partial charge in [0.15, 0.2) is 17.2 Å². The van der Waals surface area contributed by atoms with Gasteiger partial charge in [-0.2, -0.15) is 13.2 Å². The van der Waals surface area contributed by atoms with Crippen LogP contribution in [0.15, 0.2) is 36.5 Å². The van der Waals surface area contributed by atoms with Crippen LogP contribution in [0.4, 0.5) is 23.5 Å². The molecule has 0 amide bonds. The van der Waals surface area contributed by atoms with Crippen molar-refractivity contribution >= 4 is 11.6 Å². The molecule has 1 aromatic carbocycles. The van der Waals surface area contributed by atoms with Crippen molar-refractivity contribution in [2.75, 3.05) is 18.5 Å². The molecule has 10 heteroatoms. The number of hydrogen-bond acceptors (Lipinski definition) is 5. The van der Waals surface area contributed by atoms with Gasteiger partial charge in [0.1, 0.15) is 6.61 Å². The molecule has 0 saturated carbocycles. The number of aliphatic hydroxyl groups is 1. The van der Waals surface area contributed by atoms with E-state index in [0.29, 0.717) is 5.56 Å². The van der Waals surface area contributed by atoms with E-state index < -0.39 is 17.6 Å². The van der Waals surface area contributed by atoms with Crippen LogP contribution < -0.4 is 10.1 Å². The van der Waals surface area contributed by atoms with Gasteiger partial charge in [0.2, 0.25) is 5.95 Å². The second kappa shape index (κ2) is 7.16. The van der Waals surface area contributed by atoms with Gasteiger partial charge in [-0.15, -0.1) is 10.2 Å². The second-order valence-electron chi connectivity index (χ2n) is 5.36. The third-order valence-electron chi connectivity index (χ3n) is 3.53. The maximum absolute atomic E-state index is 13.9. The molecule has 0 aliphatic rings. The third kappa shape index (κ3) is 3.85. The van der Waals surface area contributed by atoms with Gasteiger partial charge in [-0.3, -0.25) is 4.40 Å². The second-order valence-corrected chi connectivity index (χ2v) is 5.36. The molecule has 0 radical (unpaired) electrons. The van der Waals surface area contributed by atoms with Crippen molar-refractivity contribution in [1.82, 2.24) is 14.6 Å². The van der Waals surface area contributed by atoms with Gasteiger partial charge in [0.05, 0.1) is 12.2 Å². The van der Waals surface area contributed by atoms with E-state index in [2.05, 4.69) is 15.5 Å². The summed E-state index contributed by atoms with van der Waals surface area (Å²) in [7, 11) is 0. The van der Waals surface area contributed by atoms with Crippen LogP contribution in [0.2, 0.25) is 0 Å². The lowest BCUT2D eigenvalue weighted by Crippen LogP contribution is -2.08. The van der Waals surface area contributed by atoms with E-state index in [1.54, 1.807) is 6.07 Å². The van der Waals surface area contributed by atoms with Crippen LogP contribution in [0.3, 0.4) is 0 Å². The molecule has 0 spiro atoms. The molecule has 0 atom stereocenters. The van der Waals surface area contributed by atoms with Gasteiger partial charge in [-0.25, -0.2) is 4.39 Å². The van der Waals surface area contributed by atoms with Crippen molar-refractivity contribution in [3.8, 4) is 5.75 Å². The summed E-state index contributed by atoms with van der Waals surface area (Å²) in [4.78, 5) is 0. The number of nitrogens with one attached hydrogen (secondary N) is 1. The average Bonchev–Trinajstić information content (AvgIpc) is 3.00. The average molecular weight is 370 g/mol. The number of aromatic nitrogens is 3. The van der Waals surface area contributed by atoms with Crippen molar-refractivity contribution < 1.29 is 27.4 Å². The summed E-state index contributed by atoms with van der Waals surface area (Å²) in [6.07, 6.45) is -3.59. The minimum atomic E-state index is -4.48. The Morgan fingerprint density at radius 1 is 1.15 bits per heavy atom. The highest BCUT2D eigenvalue weighted by Crippen LogP contribution is 2.29. The van der Waals surface area contributed by atoms with Crippen molar-refractivity contribution in [1.29, 1.82) is 0 Å². The number of fused-ring (bicyclic) bond motifs is 1. The maximum Gasteiger partial charge on any atom is 0.417 e. The number of anilines is 1. The van der Waals surface area contributed by atoms with E-state index in [9.17, 15) is 17.6 Å². The first-order chi connectivity index (χ1) is 12.4. The molecule has 0 aliphatic carbocycles. The lowest BCUT2D eigenvalue weighted by atomic mass is 10.2. The standard InChI is InChI=1S/C16H14F4N4O2/c17-12-7-10(1-3-13(12)26-6-5-25)8-21-15-23-22-14-4-2-11(9-24(14)15)16(18,19)20/h1-4,7,9,25H,5-6,8H2,(H,21,23). The van der Waals surface area contributed by atoms with Crippen LogP contribution in [0.5, 0.6) is 5.75 Å². The molecule has 0 aliphatic heterocycles. The molecule has 0 saturated heterocycles. The van der Waals surface area contributed by atoms with E-state index in [1.807, 2.05) is 0 Å². The predicted octanol–water partition coefficient (Wildman–Crippen LogP) is 2.87. The number of benzene rings is 1. The Kier molecular flexibility index (Phi) is 4.94. The molecule has 2 aromatic heterocycles. The molecule has 138 valence electrons. The van der Waals surface area contributed by atoms with E-state index >= 15 is 0 Å². The first-order valence-corrected chi connectivity index (χ1v) is 7.56. The molecule has 0 bridgehead atoms. The summed E-state index contributed by atoms with van der Waals surface area (Å²) < 4.78 is 58.6. The fourth-order valence-corrected chi connectivity index (χ4v) is 2.29. The summed E-state index contributed by atoms with van der Waals surface area (Å²) in [6.45, 7) is -0.140. The molecule has 3 aromatic rings. The van der Waals surface area contributed by atoms with Crippen LogP contribution in [0.25, 0.3) is 5.65 Å². The van der Waals surface area contributed by atoms with Crippen LogP contribution in [-0.2, 0) is 12.7 Å². The highest BCUT2D eigenvalue weighted by molar-refractivity contribution is 5.47. The Morgan fingerprint density at radius 2 is 1.96 bits per heavy atom. The normalized spacial score (nSPS) is 11.7. The van der Waals surface area contributed by atoms with Gasteiger partial charge in [0, 0.05) is 12.7 Å². The first-order valence-electron chi connectivity index (χ1n) is 7.56. The lowest BCUT2D eigenvalue weighted by molar-refractivity contribution is -0.137. The van der Waals surface area contributed by atoms with Gasteiger partial charge < -0.3 is 15.2 Å². The fourth-order valence-electron chi connectivity index (χ4n) is 2.29. The van der Waals surface area contributed by atoms with Crippen LogP contribution in [0, 0.1) is 5.82 Å². The highest BCUT2D eigenvalue weighted by Gasteiger charge is 2.31. The summed E-state index contributed by atoms with van der Waals surface area (Å²) in [6, 6.07) is 6.37. The summed E-state index contributed by atoms with van der Waals surface area (Å²) in [5.74, 6) is -0.499. The van der Waals surface area contributed by atoms with Crippen molar-refractivity contribution in [2.24, 2.45) is 0 Å². The van der Waals surface area contributed by atoms with Gasteiger partial charge in [-0.05, 0) is 29.8 Å². The molecule has 2 N–H and O–H groups in total. The van der Waals surface area contributed by atoms with Crippen molar-refractivity contribution in [3.63, 3.8) is 0 Å². The van der Waals surface area contributed by atoms with Crippen LogP contribution in [-0.4, -0.2) is 32.9 Å². The Labute approximate surface area is 145 Å². The number of ether oxygens (including phenoxy) is 1. The fraction of sp³-hybridized carbons (Fsp3) is 0.250. The summed E-state index contributed by atoms with van der Waals surface area (Å²) >= 11 is 0. The zero-order chi connectivity index (χ0) is 18.7. The van der Waals surface area contributed by atoms with Crippen LogP contribution >= 0.6 is 0 Å². The maximum atomic E-state index is 13.9. The van der Waals surface area contributed by atoms with Crippen molar-refractivity contribution in [2.45, 2.75) is 12.7 Å². The smallest absolute Gasteiger partial charge is 0.417 e. The zero-order valence-electron chi connectivity index (χ0n) is 13.3. The zero-order valence-corrected chi connectivity index (χ0v) is 13.3. The molecule has 26 heavy (non-hydrogen) atoms. The topological polar surface area (TPSA) is 71.7 Å². The third-order valence-corrected chi connectivity index (χ3v) is 3.53. The number of rotatable bonds is 6. The van der Waals surface area contributed by atoms with E-state index in [1.165, 1.54) is 22.6 Å². The summed E-state index contributed by atoms with van der Waals surface area (Å²) in [5, 5.41) is 19.1. The Morgan fingerprint density at radius 3 is 2.65 bits per heavy atom. The Hall–Kier alpha value is -2.88. The first kappa shape index (κ1) is 17.9. The minimum Gasteiger partial charge on any atom is -0.488 e. The number of alkyl halides is 3. The van der Waals surface area contributed by atoms with Gasteiger partial charge in [-0.1, -0.05) is 6.07 Å². The monoisotopic (exact) mass is 370 g/mol. The molecule has 2 heterocycles. The van der Waals surface area contributed by atoms with E-state index in [0.717, 1.165) is 12.3 Å². The predicted molar refractivity (Wildman–Crippen MR) is 84.3 cm³/mol. The van der Waals surface area contributed by atoms with Gasteiger partial charge >= 0.3 is 6.18 Å². The van der Waals surface area contributed by atoms with Gasteiger partial charge in [0.25, 0.3) is 0 Å². The number of pyridine rings is 1. The van der Waals surface area contributed by atoms with E-state index in [4.69, 9.17) is 9.84 Å². The molecular weight excluding hydrogens is 356 g/mol. The molecular formula is C16H14F4N4O2. The molecule has 6 nitrogen and oxygen atoms in total. The van der Waals surface area contributed by atoms with E-state index in [-0.39, 0.29) is 37.1 Å². The molecule has 0 fully saturated rings. The largest absolute Gasteiger partial charge is 0.488 e. The Bertz CT molecular complexity index is 911. The number of aliphatic hydroxyl groups excluding tert-OH is 1. The van der Waals surface area contributed by atoms with Crippen LogP contribution in [0.1, 0.15) is 11.1 Å². The lowest BCUT2D eigenvalue weighted by Gasteiger charge is -2.10. The number of halogens is 4. The van der Waals surface area contributed by atoms with Crippen molar-refractivity contribution in [3.05, 3.63) is 53.5 Å². The minimum absolute atomic E-state index is 0.00514.